The molecule has 78 valence electrons. The van der Waals surface area contributed by atoms with Gasteiger partial charge in [0.15, 0.2) is 0 Å². The van der Waals surface area contributed by atoms with Crippen molar-refractivity contribution in [3.05, 3.63) is 0 Å². The van der Waals surface area contributed by atoms with Crippen LogP contribution in [0.15, 0.2) is 0 Å². The summed E-state index contributed by atoms with van der Waals surface area (Å²) in [5.74, 6) is 1.27. The Kier molecular flexibility index (Phi) is 7.69. The first-order valence-corrected chi connectivity index (χ1v) is 5.52. The van der Waals surface area contributed by atoms with E-state index in [0.29, 0.717) is 17.9 Å². The van der Waals surface area contributed by atoms with Gasteiger partial charge in [-0.05, 0) is 23.8 Å². The minimum atomic E-state index is -0.593. The Morgan fingerprint density at radius 2 is 2.23 bits per heavy atom. The van der Waals surface area contributed by atoms with Crippen molar-refractivity contribution >= 4 is 28.6 Å². The summed E-state index contributed by atoms with van der Waals surface area (Å²) in [6, 6.07) is -0.593. The molecule has 0 amide bonds. The molecular formula is C7H15ClN2O2S. The molecule has 0 aromatic carbocycles. The fourth-order valence-electron chi connectivity index (χ4n) is 0.611. The van der Waals surface area contributed by atoms with Gasteiger partial charge >= 0.3 is 0 Å². The van der Waals surface area contributed by atoms with Crippen LogP contribution in [0.3, 0.4) is 0 Å². The zero-order valence-corrected chi connectivity index (χ0v) is 8.85. The van der Waals surface area contributed by atoms with Crippen molar-refractivity contribution in [2.75, 3.05) is 18.1 Å². The number of carbonyl (C=O) groups excluding carboxylic acids is 1. The van der Waals surface area contributed by atoms with Crippen molar-refractivity contribution < 1.29 is 9.90 Å². The Bertz CT molecular complexity index is 159. The smallest absolute Gasteiger partial charge is 0.238 e. The molecule has 0 saturated carbocycles. The molecule has 0 aromatic rings. The number of halogens is 1. The van der Waals surface area contributed by atoms with E-state index < -0.39 is 17.4 Å². The van der Waals surface area contributed by atoms with Gasteiger partial charge < -0.3 is 16.6 Å². The summed E-state index contributed by atoms with van der Waals surface area (Å²) in [5.41, 5.74) is 10.6. The molecule has 0 radical (unpaired) electrons. The summed E-state index contributed by atoms with van der Waals surface area (Å²) in [7, 11) is 0. The maximum atomic E-state index is 10.5. The first-order valence-electron chi connectivity index (χ1n) is 3.98. The second-order valence-corrected chi connectivity index (χ2v) is 4.19. The van der Waals surface area contributed by atoms with Crippen LogP contribution in [-0.2, 0) is 4.79 Å². The largest absolute Gasteiger partial charge is 0.391 e. The van der Waals surface area contributed by atoms with Crippen LogP contribution in [0.5, 0.6) is 0 Å². The van der Waals surface area contributed by atoms with E-state index in [1.165, 1.54) is 11.8 Å². The zero-order chi connectivity index (χ0) is 10.3. The fraction of sp³-hybridized carbons (Fsp3) is 0.857. The van der Waals surface area contributed by atoms with Crippen LogP contribution in [0.2, 0.25) is 0 Å². The van der Waals surface area contributed by atoms with Crippen molar-refractivity contribution in [2.24, 2.45) is 11.5 Å². The van der Waals surface area contributed by atoms with E-state index in [1.54, 1.807) is 0 Å². The molecular weight excluding hydrogens is 212 g/mol. The zero-order valence-electron chi connectivity index (χ0n) is 7.28. The van der Waals surface area contributed by atoms with E-state index in [2.05, 4.69) is 0 Å². The maximum absolute atomic E-state index is 10.5. The highest BCUT2D eigenvalue weighted by Crippen LogP contribution is 2.06. The van der Waals surface area contributed by atoms with Crippen molar-refractivity contribution in [2.45, 2.75) is 18.6 Å². The maximum Gasteiger partial charge on any atom is 0.238 e. The van der Waals surface area contributed by atoms with Gasteiger partial charge in [-0.3, -0.25) is 4.79 Å². The van der Waals surface area contributed by atoms with Crippen molar-refractivity contribution in [3.8, 4) is 0 Å². The second kappa shape index (κ2) is 7.58. The van der Waals surface area contributed by atoms with E-state index in [-0.39, 0.29) is 6.54 Å². The van der Waals surface area contributed by atoms with Crippen molar-refractivity contribution in [3.63, 3.8) is 0 Å². The molecule has 13 heavy (non-hydrogen) atoms. The summed E-state index contributed by atoms with van der Waals surface area (Å²) in [4.78, 5) is 10.5. The first-order chi connectivity index (χ1) is 6.07. The van der Waals surface area contributed by atoms with Crippen LogP contribution in [0.1, 0.15) is 6.42 Å². The van der Waals surface area contributed by atoms with Gasteiger partial charge in [-0.2, -0.15) is 11.8 Å². The molecule has 0 spiro atoms. The second-order valence-electron chi connectivity index (χ2n) is 2.66. The van der Waals surface area contributed by atoms with Gasteiger partial charge in [0.1, 0.15) is 0 Å². The van der Waals surface area contributed by atoms with Gasteiger partial charge in [-0.15, -0.1) is 0 Å². The number of rotatable bonds is 7. The van der Waals surface area contributed by atoms with Crippen molar-refractivity contribution in [1.82, 2.24) is 0 Å². The first kappa shape index (κ1) is 13.2. The quantitative estimate of drug-likeness (QED) is 0.403. The Labute approximate surface area is 87.0 Å². The molecule has 0 aromatic heterocycles. The van der Waals surface area contributed by atoms with Crippen LogP contribution >= 0.6 is 23.4 Å². The minimum Gasteiger partial charge on any atom is -0.391 e. The fourth-order valence-corrected chi connectivity index (χ4v) is 1.72. The number of hydrogen-bond donors (Lipinski definition) is 3. The highest BCUT2D eigenvalue weighted by atomic mass is 35.5. The van der Waals surface area contributed by atoms with Crippen LogP contribution < -0.4 is 11.5 Å². The molecule has 0 rings (SSSR count). The highest BCUT2D eigenvalue weighted by Gasteiger charge is 2.09. The molecule has 0 bridgehead atoms. The molecule has 4 nitrogen and oxygen atoms in total. The number of hydrogen-bond acceptors (Lipinski definition) is 5. The van der Waals surface area contributed by atoms with Gasteiger partial charge in [0.25, 0.3) is 0 Å². The topological polar surface area (TPSA) is 89.3 Å². The van der Waals surface area contributed by atoms with E-state index in [1.807, 2.05) is 0 Å². The molecule has 2 atom stereocenters. The van der Waals surface area contributed by atoms with E-state index in [4.69, 9.17) is 28.2 Å². The summed E-state index contributed by atoms with van der Waals surface area (Å²) in [5, 5.41) is 8.55. The number of aliphatic hydroxyl groups is 1. The molecule has 5 N–H and O–H groups in total. The lowest BCUT2D eigenvalue weighted by Crippen LogP contribution is -2.28. The Morgan fingerprint density at radius 1 is 1.62 bits per heavy atom. The van der Waals surface area contributed by atoms with Crippen LogP contribution in [0.25, 0.3) is 0 Å². The lowest BCUT2D eigenvalue weighted by atomic mass is 10.3. The Balaban J connectivity index is 3.30. The van der Waals surface area contributed by atoms with Gasteiger partial charge in [0, 0.05) is 12.3 Å². The molecule has 6 heteroatoms. The molecule has 1 unspecified atom stereocenters. The number of carbonyl (C=O) groups is 1. The van der Waals surface area contributed by atoms with Crippen molar-refractivity contribution in [1.29, 1.82) is 0 Å². The Hall–Kier alpha value is 0.190. The predicted octanol–water partition coefficient (Wildman–Crippen LogP) is -0.478. The molecule has 0 saturated heterocycles. The molecule has 0 aliphatic carbocycles. The number of aliphatic hydroxyl groups excluding tert-OH is 1. The lowest BCUT2D eigenvalue weighted by molar-refractivity contribution is -0.112. The summed E-state index contributed by atoms with van der Waals surface area (Å²) < 4.78 is 0. The molecule has 0 heterocycles. The summed E-state index contributed by atoms with van der Waals surface area (Å²) >= 11 is 6.67. The van der Waals surface area contributed by atoms with Crippen LogP contribution in [-0.4, -0.2) is 40.5 Å². The minimum absolute atomic E-state index is 0.257. The van der Waals surface area contributed by atoms with E-state index in [0.717, 1.165) is 0 Å². The normalized spacial score (nSPS) is 15.4. The van der Waals surface area contributed by atoms with E-state index >= 15 is 0 Å². The average molecular weight is 227 g/mol. The van der Waals surface area contributed by atoms with Gasteiger partial charge in [0.05, 0.1) is 12.1 Å². The monoisotopic (exact) mass is 226 g/mol. The average Bonchev–Trinajstić information content (AvgIpc) is 2.11. The highest BCUT2D eigenvalue weighted by molar-refractivity contribution is 7.99. The number of thioether (sulfide) groups is 1. The third-order valence-electron chi connectivity index (χ3n) is 1.45. The molecule has 0 aliphatic heterocycles. The third kappa shape index (κ3) is 7.28. The summed E-state index contributed by atoms with van der Waals surface area (Å²) in [6.45, 7) is 0.257. The Morgan fingerprint density at radius 3 is 2.69 bits per heavy atom. The predicted molar refractivity (Wildman–Crippen MR) is 55.8 cm³/mol. The standard InChI is InChI=1S/C7H15ClN2O2S/c8-7(12)6(10)1-2-13-4-5(11)3-9/h5-6,11H,1-4,9-10H2/t5?,6-/m0/s1. The van der Waals surface area contributed by atoms with Crippen LogP contribution in [0.4, 0.5) is 0 Å². The molecule has 0 aliphatic rings. The SMILES string of the molecule is NCC(O)CSCC[C@H](N)C(=O)Cl. The van der Waals surface area contributed by atoms with Gasteiger partial charge in [-0.25, -0.2) is 0 Å². The van der Waals surface area contributed by atoms with Gasteiger partial charge in [-0.1, -0.05) is 0 Å². The molecule has 0 fully saturated rings. The summed E-state index contributed by atoms with van der Waals surface area (Å²) in [6.07, 6.45) is 0.0533. The van der Waals surface area contributed by atoms with E-state index in [9.17, 15) is 4.79 Å². The third-order valence-corrected chi connectivity index (χ3v) is 2.87. The number of nitrogens with two attached hydrogens (primary N) is 2. The van der Waals surface area contributed by atoms with Gasteiger partial charge in [0.2, 0.25) is 5.24 Å². The van der Waals surface area contributed by atoms with Crippen LogP contribution in [0, 0.1) is 0 Å². The lowest BCUT2D eigenvalue weighted by Gasteiger charge is -2.08.